The Morgan fingerprint density at radius 1 is 1.15 bits per heavy atom. The maximum absolute atomic E-state index is 12.8. The van der Waals surface area contributed by atoms with E-state index in [2.05, 4.69) is 0 Å². The van der Waals surface area contributed by atoms with Gasteiger partial charge in [0.15, 0.2) is 5.78 Å². The van der Waals surface area contributed by atoms with Crippen LogP contribution in [0.15, 0.2) is 42.5 Å². The maximum Gasteiger partial charge on any atom is 0.189 e. The molecule has 134 valence electrons. The Bertz CT molecular complexity index is 927. The van der Waals surface area contributed by atoms with Crippen LogP contribution < -0.4 is 9.47 Å². The molecule has 1 heterocycles. The SMILES string of the molecule is COc1ccc(C(=O)C=Cc2ccc(Cl)c(Cl)c2)c2c1C=CC(C)(C)O2. The van der Waals surface area contributed by atoms with Gasteiger partial charge in [-0.15, -0.1) is 0 Å². The highest BCUT2D eigenvalue weighted by Crippen LogP contribution is 2.40. The molecule has 0 amide bonds. The molecule has 3 rings (SSSR count). The Labute approximate surface area is 162 Å². The fraction of sp³-hybridized carbons (Fsp3) is 0.190. The van der Waals surface area contributed by atoms with Gasteiger partial charge in [-0.3, -0.25) is 4.79 Å². The molecule has 2 aromatic carbocycles. The van der Waals surface area contributed by atoms with Crippen molar-refractivity contribution in [2.75, 3.05) is 7.11 Å². The van der Waals surface area contributed by atoms with Crippen molar-refractivity contribution in [2.45, 2.75) is 19.4 Å². The van der Waals surface area contributed by atoms with Crippen molar-refractivity contribution in [3.05, 3.63) is 69.2 Å². The average Bonchev–Trinajstić information content (AvgIpc) is 2.60. The van der Waals surface area contributed by atoms with Gasteiger partial charge in [0, 0.05) is 0 Å². The molecule has 0 aromatic heterocycles. The van der Waals surface area contributed by atoms with Crippen molar-refractivity contribution >= 4 is 41.1 Å². The number of allylic oxidation sites excluding steroid dienone is 1. The molecule has 26 heavy (non-hydrogen) atoms. The second kappa shape index (κ2) is 7.18. The number of carbonyl (C=O) groups excluding carboxylic acids is 1. The Hall–Kier alpha value is -2.23. The molecule has 3 nitrogen and oxygen atoms in total. The molecule has 0 saturated carbocycles. The standard InChI is InChI=1S/C21H18Cl2O3/c1-21(2)11-10-15-19(25-3)9-6-14(20(15)26-21)18(24)8-5-13-4-7-16(22)17(23)12-13/h4-12H,1-3H3. The van der Waals surface area contributed by atoms with Crippen LogP contribution >= 0.6 is 23.2 Å². The van der Waals surface area contributed by atoms with Crippen LogP contribution in [-0.2, 0) is 0 Å². The lowest BCUT2D eigenvalue weighted by Gasteiger charge is -2.29. The van der Waals surface area contributed by atoms with E-state index in [0.717, 1.165) is 11.1 Å². The normalized spacial score (nSPS) is 14.8. The molecule has 0 atom stereocenters. The van der Waals surface area contributed by atoms with Crippen LogP contribution in [0.2, 0.25) is 10.0 Å². The summed E-state index contributed by atoms with van der Waals surface area (Å²) in [6.07, 6.45) is 7.07. The first-order valence-corrected chi connectivity index (χ1v) is 8.83. The van der Waals surface area contributed by atoms with Crippen molar-refractivity contribution < 1.29 is 14.3 Å². The van der Waals surface area contributed by atoms with E-state index < -0.39 is 5.60 Å². The van der Waals surface area contributed by atoms with Crippen LogP contribution in [0.4, 0.5) is 0 Å². The highest BCUT2D eigenvalue weighted by atomic mass is 35.5. The van der Waals surface area contributed by atoms with E-state index in [0.29, 0.717) is 27.1 Å². The van der Waals surface area contributed by atoms with Gasteiger partial charge in [0.2, 0.25) is 0 Å². The molecule has 0 spiro atoms. The molecule has 0 bridgehead atoms. The minimum atomic E-state index is -0.498. The zero-order valence-corrected chi connectivity index (χ0v) is 16.2. The van der Waals surface area contributed by atoms with E-state index in [9.17, 15) is 4.79 Å². The largest absolute Gasteiger partial charge is 0.496 e. The van der Waals surface area contributed by atoms with Crippen LogP contribution in [0, 0.1) is 0 Å². The van der Waals surface area contributed by atoms with Gasteiger partial charge in [0.05, 0.1) is 28.3 Å². The van der Waals surface area contributed by atoms with Crippen LogP contribution in [0.5, 0.6) is 11.5 Å². The van der Waals surface area contributed by atoms with E-state index in [4.69, 9.17) is 32.7 Å². The van der Waals surface area contributed by atoms with Gasteiger partial charge >= 0.3 is 0 Å². The number of fused-ring (bicyclic) bond motifs is 1. The molecule has 5 heteroatoms. The Kier molecular flexibility index (Phi) is 5.12. The third kappa shape index (κ3) is 3.79. The number of hydrogen-bond acceptors (Lipinski definition) is 3. The number of hydrogen-bond donors (Lipinski definition) is 0. The molecule has 0 N–H and O–H groups in total. The summed E-state index contributed by atoms with van der Waals surface area (Å²) < 4.78 is 11.4. The molecule has 0 fully saturated rings. The van der Waals surface area contributed by atoms with Crippen molar-refractivity contribution in [1.82, 2.24) is 0 Å². The van der Waals surface area contributed by atoms with Gasteiger partial charge in [0.25, 0.3) is 0 Å². The van der Waals surface area contributed by atoms with Crippen molar-refractivity contribution in [2.24, 2.45) is 0 Å². The summed E-state index contributed by atoms with van der Waals surface area (Å²) in [5.41, 5.74) is 1.54. The predicted octanol–water partition coefficient (Wildman–Crippen LogP) is 6.08. The minimum Gasteiger partial charge on any atom is -0.496 e. The van der Waals surface area contributed by atoms with Crippen LogP contribution in [0.1, 0.15) is 35.3 Å². The van der Waals surface area contributed by atoms with Crippen LogP contribution in [-0.4, -0.2) is 18.5 Å². The molecule has 2 aromatic rings. The number of carbonyl (C=O) groups is 1. The van der Waals surface area contributed by atoms with Gasteiger partial charge in [-0.1, -0.05) is 35.3 Å². The summed E-state index contributed by atoms with van der Waals surface area (Å²) in [7, 11) is 1.59. The van der Waals surface area contributed by atoms with E-state index in [1.54, 1.807) is 43.5 Å². The van der Waals surface area contributed by atoms with Crippen molar-refractivity contribution in [3.8, 4) is 11.5 Å². The summed E-state index contributed by atoms with van der Waals surface area (Å²) in [5.74, 6) is 1.03. The average molecular weight is 389 g/mol. The quantitative estimate of drug-likeness (QED) is 0.469. The molecule has 1 aliphatic heterocycles. The molecule has 0 saturated heterocycles. The number of ether oxygens (including phenoxy) is 2. The summed E-state index contributed by atoms with van der Waals surface area (Å²) in [6, 6.07) is 8.68. The van der Waals surface area contributed by atoms with E-state index in [-0.39, 0.29) is 5.78 Å². The monoisotopic (exact) mass is 388 g/mol. The van der Waals surface area contributed by atoms with Crippen molar-refractivity contribution in [3.63, 3.8) is 0 Å². The van der Waals surface area contributed by atoms with Crippen LogP contribution in [0.3, 0.4) is 0 Å². The van der Waals surface area contributed by atoms with E-state index in [1.165, 1.54) is 6.08 Å². The number of halogens is 2. The first-order chi connectivity index (χ1) is 12.3. The molecule has 0 aliphatic carbocycles. The number of ketones is 1. The molecule has 0 radical (unpaired) electrons. The molecule has 1 aliphatic rings. The molecular formula is C21H18Cl2O3. The number of benzene rings is 2. The van der Waals surface area contributed by atoms with Gasteiger partial charge in [-0.25, -0.2) is 0 Å². The third-order valence-corrected chi connectivity index (χ3v) is 4.77. The summed E-state index contributed by atoms with van der Waals surface area (Å²) in [6.45, 7) is 3.87. The fourth-order valence-corrected chi connectivity index (χ4v) is 2.99. The second-order valence-electron chi connectivity index (χ2n) is 6.47. The van der Waals surface area contributed by atoms with E-state index >= 15 is 0 Å². The predicted molar refractivity (Wildman–Crippen MR) is 107 cm³/mol. The highest BCUT2D eigenvalue weighted by Gasteiger charge is 2.27. The number of methoxy groups -OCH3 is 1. The molecular weight excluding hydrogens is 371 g/mol. The lowest BCUT2D eigenvalue weighted by molar-refractivity contribution is 0.103. The first kappa shape index (κ1) is 18.6. The Balaban J connectivity index is 1.96. The fourth-order valence-electron chi connectivity index (χ4n) is 2.68. The van der Waals surface area contributed by atoms with Gasteiger partial charge in [-0.2, -0.15) is 0 Å². The van der Waals surface area contributed by atoms with Crippen LogP contribution in [0.25, 0.3) is 12.2 Å². The zero-order valence-electron chi connectivity index (χ0n) is 14.7. The topological polar surface area (TPSA) is 35.5 Å². The van der Waals surface area contributed by atoms with Gasteiger partial charge < -0.3 is 9.47 Å². The Morgan fingerprint density at radius 2 is 1.92 bits per heavy atom. The summed E-state index contributed by atoms with van der Waals surface area (Å²) >= 11 is 11.9. The molecule has 0 unspecified atom stereocenters. The van der Waals surface area contributed by atoms with Gasteiger partial charge in [-0.05, 0) is 61.9 Å². The van der Waals surface area contributed by atoms with Gasteiger partial charge in [0.1, 0.15) is 17.1 Å². The lowest BCUT2D eigenvalue weighted by Crippen LogP contribution is -2.28. The summed E-state index contributed by atoms with van der Waals surface area (Å²) in [4.78, 5) is 12.8. The highest BCUT2D eigenvalue weighted by molar-refractivity contribution is 6.42. The number of rotatable bonds is 4. The lowest BCUT2D eigenvalue weighted by atomic mass is 9.97. The summed E-state index contributed by atoms with van der Waals surface area (Å²) in [5, 5.41) is 0.917. The van der Waals surface area contributed by atoms with E-state index in [1.807, 2.05) is 26.0 Å². The first-order valence-electron chi connectivity index (χ1n) is 8.07. The maximum atomic E-state index is 12.8. The minimum absolute atomic E-state index is 0.166. The second-order valence-corrected chi connectivity index (χ2v) is 7.28. The smallest absolute Gasteiger partial charge is 0.189 e. The van der Waals surface area contributed by atoms with Crippen molar-refractivity contribution in [1.29, 1.82) is 0 Å². The Morgan fingerprint density at radius 3 is 2.62 bits per heavy atom. The third-order valence-electron chi connectivity index (χ3n) is 4.03. The zero-order chi connectivity index (χ0) is 18.9.